The van der Waals surface area contributed by atoms with Crippen molar-refractivity contribution in [2.24, 2.45) is 0 Å². The van der Waals surface area contributed by atoms with Gasteiger partial charge in [0.05, 0.1) is 0 Å². The van der Waals surface area contributed by atoms with Crippen LogP contribution in [0, 0.1) is 0 Å². The molecule has 1 aromatic rings. The Morgan fingerprint density at radius 2 is 2.60 bits per heavy atom. The molecule has 15 heavy (non-hydrogen) atoms. The Morgan fingerprint density at radius 3 is 3.33 bits per heavy atom. The van der Waals surface area contributed by atoms with Crippen molar-refractivity contribution in [1.82, 2.24) is 20.1 Å². The van der Waals surface area contributed by atoms with E-state index in [4.69, 9.17) is 4.74 Å². The summed E-state index contributed by atoms with van der Waals surface area (Å²) in [6.45, 7) is 3.87. The van der Waals surface area contributed by atoms with Gasteiger partial charge in [-0.2, -0.15) is 0 Å². The van der Waals surface area contributed by atoms with Gasteiger partial charge in [-0.3, -0.25) is 0 Å². The lowest BCUT2D eigenvalue weighted by molar-refractivity contribution is 0.190. The van der Waals surface area contributed by atoms with Crippen LogP contribution in [0.25, 0.3) is 0 Å². The quantitative estimate of drug-likeness (QED) is 0.714. The lowest BCUT2D eigenvalue weighted by Gasteiger charge is -2.10. The maximum Gasteiger partial charge on any atom is 0.137 e. The van der Waals surface area contributed by atoms with Gasteiger partial charge in [0.15, 0.2) is 0 Å². The van der Waals surface area contributed by atoms with Crippen molar-refractivity contribution in [1.29, 1.82) is 0 Å². The summed E-state index contributed by atoms with van der Waals surface area (Å²) in [5.41, 5.74) is 0. The average molecular weight is 210 g/mol. The lowest BCUT2D eigenvalue weighted by atomic mass is 10.1. The number of methoxy groups -OCH3 is 1. The van der Waals surface area contributed by atoms with E-state index in [1.54, 1.807) is 7.11 Å². The number of nitrogens with one attached hydrogen (secondary N) is 1. The van der Waals surface area contributed by atoms with Gasteiger partial charge < -0.3 is 14.6 Å². The first-order valence-corrected chi connectivity index (χ1v) is 5.49. The molecule has 2 heterocycles. The van der Waals surface area contributed by atoms with Crippen molar-refractivity contribution in [3.63, 3.8) is 0 Å². The summed E-state index contributed by atoms with van der Waals surface area (Å²) in [6, 6.07) is 0. The minimum Gasteiger partial charge on any atom is -0.385 e. The largest absolute Gasteiger partial charge is 0.385 e. The topological polar surface area (TPSA) is 52.0 Å². The maximum absolute atomic E-state index is 5.04. The van der Waals surface area contributed by atoms with Crippen LogP contribution in [0.15, 0.2) is 6.33 Å². The highest BCUT2D eigenvalue weighted by Crippen LogP contribution is 2.19. The third-order valence-corrected chi connectivity index (χ3v) is 2.82. The highest BCUT2D eigenvalue weighted by molar-refractivity contribution is 5.00. The molecule has 2 rings (SSSR count). The molecule has 0 aromatic carbocycles. The molecule has 1 N–H and O–H groups in total. The summed E-state index contributed by atoms with van der Waals surface area (Å²) in [6.07, 6.45) is 4.01. The van der Waals surface area contributed by atoms with Crippen molar-refractivity contribution in [3.05, 3.63) is 12.2 Å². The van der Waals surface area contributed by atoms with Crippen LogP contribution < -0.4 is 5.32 Å². The fraction of sp³-hybridized carbons (Fsp3) is 0.800. The van der Waals surface area contributed by atoms with E-state index < -0.39 is 0 Å². The van der Waals surface area contributed by atoms with Crippen molar-refractivity contribution < 1.29 is 4.74 Å². The third kappa shape index (κ3) is 2.54. The van der Waals surface area contributed by atoms with Crippen LogP contribution in [0.2, 0.25) is 0 Å². The zero-order valence-corrected chi connectivity index (χ0v) is 9.15. The minimum absolute atomic E-state index is 0.537. The van der Waals surface area contributed by atoms with E-state index in [1.165, 1.54) is 6.42 Å². The van der Waals surface area contributed by atoms with Gasteiger partial charge in [0.1, 0.15) is 12.2 Å². The molecule has 0 saturated carbocycles. The summed E-state index contributed by atoms with van der Waals surface area (Å²) in [5.74, 6) is 1.66. The number of hydrogen-bond donors (Lipinski definition) is 1. The Hall–Kier alpha value is -0.940. The summed E-state index contributed by atoms with van der Waals surface area (Å²) in [7, 11) is 1.73. The van der Waals surface area contributed by atoms with Crippen LogP contribution in [-0.2, 0) is 11.3 Å². The number of ether oxygens (including phenoxy) is 1. The summed E-state index contributed by atoms with van der Waals surface area (Å²) in [4.78, 5) is 0. The van der Waals surface area contributed by atoms with Gasteiger partial charge in [0.2, 0.25) is 0 Å². The average Bonchev–Trinajstić information content (AvgIpc) is 2.87. The Labute approximate surface area is 89.8 Å². The van der Waals surface area contributed by atoms with Crippen molar-refractivity contribution in [2.45, 2.75) is 25.3 Å². The second-order valence-corrected chi connectivity index (χ2v) is 3.92. The zero-order valence-electron chi connectivity index (χ0n) is 9.15. The highest BCUT2D eigenvalue weighted by Gasteiger charge is 2.21. The van der Waals surface area contributed by atoms with Crippen LogP contribution in [0.5, 0.6) is 0 Å². The van der Waals surface area contributed by atoms with E-state index >= 15 is 0 Å². The number of rotatable bonds is 5. The molecule has 1 fully saturated rings. The van der Waals surface area contributed by atoms with Gasteiger partial charge in [-0.25, -0.2) is 0 Å². The molecular formula is C10H18N4O. The van der Waals surface area contributed by atoms with Gasteiger partial charge >= 0.3 is 0 Å². The van der Waals surface area contributed by atoms with Crippen LogP contribution in [0.4, 0.5) is 0 Å². The molecule has 1 aliphatic heterocycles. The molecule has 1 saturated heterocycles. The van der Waals surface area contributed by atoms with E-state index in [2.05, 4.69) is 20.1 Å². The predicted molar refractivity (Wildman–Crippen MR) is 56.7 cm³/mol. The van der Waals surface area contributed by atoms with Crippen LogP contribution in [0.1, 0.15) is 24.6 Å². The monoisotopic (exact) mass is 210 g/mol. The molecule has 1 aromatic heterocycles. The van der Waals surface area contributed by atoms with E-state index in [0.717, 1.165) is 38.5 Å². The normalized spacial score (nSPS) is 21.0. The lowest BCUT2D eigenvalue weighted by Crippen LogP contribution is -2.13. The SMILES string of the molecule is COCCCn1cnnc1C1CCNC1. The highest BCUT2D eigenvalue weighted by atomic mass is 16.5. The molecule has 84 valence electrons. The van der Waals surface area contributed by atoms with Crippen LogP contribution in [-0.4, -0.2) is 41.6 Å². The second-order valence-electron chi connectivity index (χ2n) is 3.92. The predicted octanol–water partition coefficient (Wildman–Crippen LogP) is 0.392. The van der Waals surface area contributed by atoms with E-state index in [9.17, 15) is 0 Å². The molecule has 0 spiro atoms. The van der Waals surface area contributed by atoms with Crippen LogP contribution in [0.3, 0.4) is 0 Å². The molecule has 0 bridgehead atoms. The van der Waals surface area contributed by atoms with Crippen molar-refractivity contribution >= 4 is 0 Å². The first-order chi connectivity index (χ1) is 7.42. The van der Waals surface area contributed by atoms with E-state index in [1.807, 2.05) is 6.33 Å². The number of aryl methyl sites for hydroxylation is 1. The van der Waals surface area contributed by atoms with Crippen LogP contribution >= 0.6 is 0 Å². The molecular weight excluding hydrogens is 192 g/mol. The van der Waals surface area contributed by atoms with Crippen molar-refractivity contribution in [3.8, 4) is 0 Å². The third-order valence-electron chi connectivity index (χ3n) is 2.82. The smallest absolute Gasteiger partial charge is 0.137 e. The first-order valence-electron chi connectivity index (χ1n) is 5.49. The molecule has 0 aliphatic carbocycles. The van der Waals surface area contributed by atoms with Gasteiger partial charge in [0, 0.05) is 32.7 Å². The maximum atomic E-state index is 5.04. The van der Waals surface area contributed by atoms with E-state index in [0.29, 0.717) is 5.92 Å². The zero-order chi connectivity index (χ0) is 10.5. The summed E-state index contributed by atoms with van der Waals surface area (Å²) >= 11 is 0. The standard InChI is InChI=1S/C10H18N4O/c1-15-6-2-5-14-8-12-13-10(14)9-3-4-11-7-9/h8-9,11H,2-7H2,1H3. The second kappa shape index (κ2) is 5.23. The Morgan fingerprint density at radius 1 is 1.67 bits per heavy atom. The Balaban J connectivity index is 1.95. The minimum atomic E-state index is 0.537. The summed E-state index contributed by atoms with van der Waals surface area (Å²) < 4.78 is 7.19. The van der Waals surface area contributed by atoms with Gasteiger partial charge in [-0.05, 0) is 19.4 Å². The van der Waals surface area contributed by atoms with Gasteiger partial charge in [-0.1, -0.05) is 0 Å². The number of hydrogen-bond acceptors (Lipinski definition) is 4. The Bertz CT molecular complexity index is 293. The molecule has 1 atom stereocenters. The van der Waals surface area contributed by atoms with Gasteiger partial charge in [0.25, 0.3) is 0 Å². The van der Waals surface area contributed by atoms with Crippen molar-refractivity contribution in [2.75, 3.05) is 26.8 Å². The van der Waals surface area contributed by atoms with E-state index in [-0.39, 0.29) is 0 Å². The van der Waals surface area contributed by atoms with Gasteiger partial charge in [-0.15, -0.1) is 10.2 Å². The fourth-order valence-electron chi connectivity index (χ4n) is 2.01. The molecule has 5 nitrogen and oxygen atoms in total. The number of aromatic nitrogens is 3. The molecule has 0 amide bonds. The molecule has 5 heteroatoms. The molecule has 0 radical (unpaired) electrons. The summed E-state index contributed by atoms with van der Waals surface area (Å²) in [5, 5.41) is 11.5. The molecule has 1 unspecified atom stereocenters. The first kappa shape index (κ1) is 10.6. The molecule has 1 aliphatic rings. The number of nitrogens with zero attached hydrogens (tertiary/aromatic N) is 3. The Kier molecular flexibility index (Phi) is 3.69. The fourth-order valence-corrected chi connectivity index (χ4v) is 2.01.